The molecule has 2 amide bonds. The van der Waals surface area contributed by atoms with Gasteiger partial charge in [0.05, 0.1) is 10.6 Å². The van der Waals surface area contributed by atoms with E-state index in [1.807, 2.05) is 6.92 Å². The zero-order chi connectivity index (χ0) is 28.0. The average Bonchev–Trinajstić information content (AvgIpc) is 2.88. The van der Waals surface area contributed by atoms with Gasteiger partial charge in [-0.3, -0.25) is 13.9 Å². The molecule has 0 spiro atoms. The summed E-state index contributed by atoms with van der Waals surface area (Å²) in [5, 5.41) is 3.52. The third-order valence-electron chi connectivity index (χ3n) is 6.15. The Hall–Kier alpha value is -3.07. The van der Waals surface area contributed by atoms with Crippen LogP contribution < -0.4 is 9.62 Å². The SMILES string of the molecule is CCNC(=O)C(C)N(Cc1ccccc1Cl)C(=O)CN(c1ccc(C)c(Cl)c1)S(=O)(=O)c1ccc(C)cc1. The monoisotopic (exact) mass is 575 g/mol. The molecule has 3 aromatic rings. The van der Waals surface area contributed by atoms with Crippen LogP contribution in [0.3, 0.4) is 0 Å². The Labute approximate surface area is 234 Å². The number of benzene rings is 3. The van der Waals surface area contributed by atoms with Crippen LogP contribution in [0.4, 0.5) is 5.69 Å². The molecule has 3 rings (SSSR count). The first-order chi connectivity index (χ1) is 17.9. The summed E-state index contributed by atoms with van der Waals surface area (Å²) in [5.41, 5.74) is 2.52. The van der Waals surface area contributed by atoms with Crippen molar-refractivity contribution in [2.24, 2.45) is 0 Å². The van der Waals surface area contributed by atoms with E-state index in [1.165, 1.54) is 23.1 Å². The van der Waals surface area contributed by atoms with Gasteiger partial charge in [0.15, 0.2) is 0 Å². The van der Waals surface area contributed by atoms with Crippen LogP contribution in [0.15, 0.2) is 71.6 Å². The predicted molar refractivity (Wildman–Crippen MR) is 152 cm³/mol. The van der Waals surface area contributed by atoms with Crippen molar-refractivity contribution in [2.75, 3.05) is 17.4 Å². The van der Waals surface area contributed by atoms with Crippen molar-refractivity contribution >= 4 is 50.7 Å². The van der Waals surface area contributed by atoms with Gasteiger partial charge in [-0.15, -0.1) is 0 Å². The standard InChI is InChI=1S/C28H31Cl2N3O4S/c1-5-31-28(35)21(4)32(17-22-8-6-7-9-25(22)29)27(34)18-33(23-13-12-20(3)26(30)16-23)38(36,37)24-14-10-19(2)11-15-24/h6-16,21H,5,17-18H2,1-4H3,(H,31,35). The number of hydrogen-bond donors (Lipinski definition) is 1. The molecule has 1 atom stereocenters. The summed E-state index contributed by atoms with van der Waals surface area (Å²) in [6.07, 6.45) is 0. The maximum Gasteiger partial charge on any atom is 0.264 e. The first-order valence-corrected chi connectivity index (χ1v) is 14.3. The highest BCUT2D eigenvalue weighted by atomic mass is 35.5. The van der Waals surface area contributed by atoms with Gasteiger partial charge in [-0.1, -0.05) is 65.2 Å². The lowest BCUT2D eigenvalue weighted by Gasteiger charge is -2.32. The van der Waals surface area contributed by atoms with Crippen LogP contribution in [0.1, 0.15) is 30.5 Å². The third kappa shape index (κ3) is 6.87. The lowest BCUT2D eigenvalue weighted by Crippen LogP contribution is -2.51. The summed E-state index contributed by atoms with van der Waals surface area (Å²) in [6, 6.07) is 17.3. The number of halogens is 2. The second kappa shape index (κ2) is 12.7. The number of rotatable bonds is 10. The Morgan fingerprint density at radius 2 is 1.61 bits per heavy atom. The zero-order valence-electron chi connectivity index (χ0n) is 21.7. The molecular formula is C28H31Cl2N3O4S. The van der Waals surface area contributed by atoms with E-state index in [-0.39, 0.29) is 23.0 Å². The van der Waals surface area contributed by atoms with E-state index in [0.29, 0.717) is 22.2 Å². The van der Waals surface area contributed by atoms with Crippen molar-refractivity contribution < 1.29 is 18.0 Å². The minimum absolute atomic E-state index is 0.0177. The fourth-order valence-corrected chi connectivity index (χ4v) is 5.59. The molecule has 0 radical (unpaired) electrons. The van der Waals surface area contributed by atoms with Crippen molar-refractivity contribution in [3.8, 4) is 0 Å². The molecule has 10 heteroatoms. The molecule has 0 fully saturated rings. The predicted octanol–water partition coefficient (Wildman–Crippen LogP) is 5.36. The van der Waals surface area contributed by atoms with Crippen molar-refractivity contribution in [2.45, 2.75) is 45.2 Å². The minimum Gasteiger partial charge on any atom is -0.355 e. The molecule has 1 N–H and O–H groups in total. The minimum atomic E-state index is -4.17. The fraction of sp³-hybridized carbons (Fsp3) is 0.286. The quantitative estimate of drug-likeness (QED) is 0.352. The number of anilines is 1. The Balaban J connectivity index is 2.07. The molecule has 202 valence electrons. The number of sulfonamides is 1. The number of likely N-dealkylation sites (N-methyl/N-ethyl adjacent to an activating group) is 1. The molecule has 0 aliphatic heterocycles. The molecule has 0 aliphatic carbocycles. The largest absolute Gasteiger partial charge is 0.355 e. The number of nitrogens with zero attached hydrogens (tertiary/aromatic N) is 2. The number of hydrogen-bond acceptors (Lipinski definition) is 4. The van der Waals surface area contributed by atoms with Crippen molar-refractivity contribution in [3.05, 3.63) is 93.5 Å². The summed E-state index contributed by atoms with van der Waals surface area (Å²) < 4.78 is 28.7. The Kier molecular flexibility index (Phi) is 9.82. The number of aryl methyl sites for hydroxylation is 2. The summed E-state index contributed by atoms with van der Waals surface area (Å²) in [7, 11) is -4.17. The molecule has 0 bridgehead atoms. The third-order valence-corrected chi connectivity index (χ3v) is 8.71. The van der Waals surface area contributed by atoms with Gasteiger partial charge in [0, 0.05) is 23.1 Å². The van der Waals surface area contributed by atoms with Gasteiger partial charge in [-0.2, -0.15) is 0 Å². The van der Waals surface area contributed by atoms with Gasteiger partial charge < -0.3 is 10.2 Å². The van der Waals surface area contributed by atoms with E-state index in [4.69, 9.17) is 23.2 Å². The van der Waals surface area contributed by atoms with Crippen LogP contribution >= 0.6 is 23.2 Å². The summed E-state index contributed by atoms with van der Waals surface area (Å²) >= 11 is 12.7. The summed E-state index contributed by atoms with van der Waals surface area (Å²) in [6.45, 7) is 6.88. The van der Waals surface area contributed by atoms with Gasteiger partial charge in [-0.25, -0.2) is 8.42 Å². The summed E-state index contributed by atoms with van der Waals surface area (Å²) in [4.78, 5) is 28.0. The van der Waals surface area contributed by atoms with Gasteiger partial charge in [0.1, 0.15) is 12.6 Å². The number of amides is 2. The second-order valence-corrected chi connectivity index (χ2v) is 11.6. The Morgan fingerprint density at radius 3 is 2.21 bits per heavy atom. The first-order valence-electron chi connectivity index (χ1n) is 12.1. The second-order valence-electron chi connectivity index (χ2n) is 8.94. The molecule has 0 heterocycles. The van der Waals surface area contributed by atoms with Gasteiger partial charge in [0.2, 0.25) is 11.8 Å². The molecule has 3 aromatic carbocycles. The van der Waals surface area contributed by atoms with Crippen LogP contribution in [0.2, 0.25) is 10.0 Å². The maximum absolute atomic E-state index is 13.8. The lowest BCUT2D eigenvalue weighted by atomic mass is 10.1. The number of nitrogens with one attached hydrogen (secondary N) is 1. The van der Waals surface area contributed by atoms with E-state index in [0.717, 1.165) is 15.4 Å². The molecule has 0 saturated heterocycles. The molecule has 7 nitrogen and oxygen atoms in total. The normalized spacial score (nSPS) is 12.1. The molecule has 38 heavy (non-hydrogen) atoms. The molecule has 0 aliphatic rings. The van der Waals surface area contributed by atoms with Gasteiger partial charge in [0.25, 0.3) is 10.0 Å². The first kappa shape index (κ1) is 29.5. The van der Waals surface area contributed by atoms with Crippen LogP contribution in [0.25, 0.3) is 0 Å². The molecule has 0 aromatic heterocycles. The van der Waals surface area contributed by atoms with Crippen LogP contribution in [0.5, 0.6) is 0 Å². The van der Waals surface area contributed by atoms with Crippen LogP contribution in [-0.4, -0.2) is 44.3 Å². The van der Waals surface area contributed by atoms with E-state index in [9.17, 15) is 18.0 Å². The fourth-order valence-electron chi connectivity index (χ4n) is 3.82. The summed E-state index contributed by atoms with van der Waals surface area (Å²) in [5.74, 6) is -0.935. The molecular weight excluding hydrogens is 545 g/mol. The number of carbonyl (C=O) groups is 2. The average molecular weight is 577 g/mol. The number of carbonyl (C=O) groups excluding carboxylic acids is 2. The maximum atomic E-state index is 13.8. The van der Waals surface area contributed by atoms with E-state index in [2.05, 4.69) is 5.32 Å². The molecule has 1 unspecified atom stereocenters. The van der Waals surface area contributed by atoms with Crippen molar-refractivity contribution in [3.63, 3.8) is 0 Å². The van der Waals surface area contributed by atoms with Gasteiger partial charge in [-0.05, 0) is 69.2 Å². The van der Waals surface area contributed by atoms with E-state index < -0.39 is 28.5 Å². The van der Waals surface area contributed by atoms with Crippen molar-refractivity contribution in [1.82, 2.24) is 10.2 Å². The lowest BCUT2D eigenvalue weighted by molar-refractivity contribution is -0.139. The smallest absolute Gasteiger partial charge is 0.264 e. The van der Waals surface area contributed by atoms with Crippen LogP contribution in [-0.2, 0) is 26.2 Å². The Bertz CT molecular complexity index is 1410. The Morgan fingerprint density at radius 1 is 0.947 bits per heavy atom. The van der Waals surface area contributed by atoms with E-state index >= 15 is 0 Å². The van der Waals surface area contributed by atoms with Crippen LogP contribution in [0, 0.1) is 13.8 Å². The zero-order valence-corrected chi connectivity index (χ0v) is 24.1. The highest BCUT2D eigenvalue weighted by Gasteiger charge is 2.32. The molecule has 0 saturated carbocycles. The van der Waals surface area contributed by atoms with Crippen molar-refractivity contribution in [1.29, 1.82) is 0 Å². The van der Waals surface area contributed by atoms with Gasteiger partial charge >= 0.3 is 0 Å². The van der Waals surface area contributed by atoms with E-state index in [1.54, 1.807) is 69.3 Å². The highest BCUT2D eigenvalue weighted by molar-refractivity contribution is 7.92. The topological polar surface area (TPSA) is 86.8 Å². The highest BCUT2D eigenvalue weighted by Crippen LogP contribution is 2.29.